The standard InChI is InChI=1S/C34H39FN6O5S/c1-21-10-13-24-25(14-15-27(35)29(24)41(23-11-12-23)47(5,43)44)30(21)45-31-26(9-6-17-36-31)28-16-18-37-32(39-28)38-22-8-7-19-40(20-22)33(42)46-34(2,3)4/h6,9-10,13-18,22-23H,7-8,11-12,19-20H2,1-5H3,(H,37,38,39). The van der Waals surface area contributed by atoms with E-state index in [-0.39, 0.29) is 29.7 Å². The van der Waals surface area contributed by atoms with Gasteiger partial charge in [0.1, 0.15) is 17.2 Å². The minimum atomic E-state index is -3.73. The number of aromatic nitrogens is 3. The highest BCUT2D eigenvalue weighted by atomic mass is 32.2. The van der Waals surface area contributed by atoms with Gasteiger partial charge >= 0.3 is 6.09 Å². The zero-order valence-corrected chi connectivity index (χ0v) is 28.0. The highest BCUT2D eigenvalue weighted by Gasteiger charge is 2.38. The third-order valence-electron chi connectivity index (χ3n) is 8.03. The fourth-order valence-corrected chi connectivity index (χ4v) is 7.11. The number of sulfonamides is 1. The lowest BCUT2D eigenvalue weighted by molar-refractivity contribution is 0.0206. The molecule has 2 fully saturated rings. The highest BCUT2D eigenvalue weighted by Crippen LogP contribution is 2.44. The first-order chi connectivity index (χ1) is 22.3. The van der Waals surface area contributed by atoms with E-state index in [1.54, 1.807) is 47.6 Å². The molecule has 3 heterocycles. The van der Waals surface area contributed by atoms with Crippen LogP contribution in [0.25, 0.3) is 22.0 Å². The molecule has 1 amide bonds. The molecule has 1 aliphatic carbocycles. The average molecular weight is 663 g/mol. The third-order valence-corrected chi connectivity index (χ3v) is 9.23. The van der Waals surface area contributed by atoms with E-state index in [4.69, 9.17) is 14.5 Å². The number of hydrogen-bond acceptors (Lipinski definition) is 9. The van der Waals surface area contributed by atoms with Gasteiger partial charge in [0.15, 0.2) is 0 Å². The van der Waals surface area contributed by atoms with Crippen molar-refractivity contribution >= 4 is 38.5 Å². The summed E-state index contributed by atoms with van der Waals surface area (Å²) in [5, 5.41) is 4.36. The van der Waals surface area contributed by atoms with Crippen LogP contribution in [0.1, 0.15) is 52.0 Å². The Morgan fingerprint density at radius 2 is 1.81 bits per heavy atom. The number of carbonyl (C=O) groups excluding carboxylic acids is 1. The quantitative estimate of drug-likeness (QED) is 0.220. The Morgan fingerprint density at radius 3 is 2.53 bits per heavy atom. The van der Waals surface area contributed by atoms with Gasteiger partial charge in [-0.3, -0.25) is 4.31 Å². The summed E-state index contributed by atoms with van der Waals surface area (Å²) in [5.74, 6) is 0.492. The molecular weight excluding hydrogens is 623 g/mol. The van der Waals surface area contributed by atoms with Crippen molar-refractivity contribution in [2.75, 3.05) is 29.0 Å². The van der Waals surface area contributed by atoms with Crippen molar-refractivity contribution in [3.63, 3.8) is 0 Å². The summed E-state index contributed by atoms with van der Waals surface area (Å²) in [4.78, 5) is 28.1. The van der Waals surface area contributed by atoms with Crippen LogP contribution in [0, 0.1) is 12.7 Å². The molecule has 1 aliphatic heterocycles. The molecule has 1 saturated heterocycles. The predicted molar refractivity (Wildman–Crippen MR) is 179 cm³/mol. The highest BCUT2D eigenvalue weighted by molar-refractivity contribution is 7.92. The van der Waals surface area contributed by atoms with Gasteiger partial charge < -0.3 is 19.7 Å². The van der Waals surface area contributed by atoms with Crippen LogP contribution in [0.15, 0.2) is 54.9 Å². The number of amides is 1. The number of nitrogens with zero attached hydrogens (tertiary/aromatic N) is 5. The van der Waals surface area contributed by atoms with Crippen LogP contribution in [0.5, 0.6) is 11.6 Å². The molecule has 1 unspecified atom stereocenters. The normalized spacial score (nSPS) is 17.0. The van der Waals surface area contributed by atoms with E-state index in [0.29, 0.717) is 59.7 Å². The zero-order valence-electron chi connectivity index (χ0n) is 27.2. The summed E-state index contributed by atoms with van der Waals surface area (Å²) in [6.45, 7) is 8.50. The smallest absolute Gasteiger partial charge is 0.410 e. The maximum atomic E-state index is 15.4. The van der Waals surface area contributed by atoms with Gasteiger partial charge in [0.25, 0.3) is 0 Å². The molecule has 1 saturated carbocycles. The minimum absolute atomic E-state index is 0.0260. The van der Waals surface area contributed by atoms with Crippen molar-refractivity contribution in [1.82, 2.24) is 19.9 Å². The molecule has 2 aromatic heterocycles. The zero-order chi connectivity index (χ0) is 33.5. The fourth-order valence-electron chi connectivity index (χ4n) is 5.84. The molecule has 47 heavy (non-hydrogen) atoms. The second kappa shape index (κ2) is 12.6. The Labute approximate surface area is 274 Å². The first-order valence-corrected chi connectivity index (χ1v) is 17.6. The third kappa shape index (κ3) is 7.24. The van der Waals surface area contributed by atoms with E-state index in [1.807, 2.05) is 33.8 Å². The Morgan fingerprint density at radius 1 is 1.04 bits per heavy atom. The van der Waals surface area contributed by atoms with Crippen LogP contribution >= 0.6 is 0 Å². The van der Waals surface area contributed by atoms with Crippen molar-refractivity contribution in [1.29, 1.82) is 0 Å². The van der Waals surface area contributed by atoms with Gasteiger partial charge in [-0.25, -0.2) is 32.6 Å². The number of rotatable bonds is 8. The van der Waals surface area contributed by atoms with Gasteiger partial charge in [-0.05, 0) is 89.3 Å². The first-order valence-electron chi connectivity index (χ1n) is 15.7. The molecule has 1 N–H and O–H groups in total. The Hall–Kier alpha value is -4.52. The Bertz CT molecular complexity index is 1930. The number of likely N-dealkylation sites (tertiary alicyclic amines) is 1. The molecule has 0 radical (unpaired) electrons. The van der Waals surface area contributed by atoms with Gasteiger partial charge in [0.05, 0.1) is 23.2 Å². The average Bonchev–Trinajstić information content (AvgIpc) is 3.84. The molecule has 13 heteroatoms. The number of fused-ring (bicyclic) bond motifs is 1. The number of nitrogens with one attached hydrogen (secondary N) is 1. The summed E-state index contributed by atoms with van der Waals surface area (Å²) in [7, 11) is -3.73. The van der Waals surface area contributed by atoms with Gasteiger partial charge in [-0.1, -0.05) is 12.1 Å². The van der Waals surface area contributed by atoms with E-state index in [1.165, 1.54) is 10.4 Å². The molecule has 6 rings (SSSR count). The van der Waals surface area contributed by atoms with Gasteiger partial charge in [-0.2, -0.15) is 0 Å². The number of benzene rings is 2. The van der Waals surface area contributed by atoms with Crippen molar-refractivity contribution in [3.8, 4) is 22.9 Å². The van der Waals surface area contributed by atoms with Crippen molar-refractivity contribution in [2.24, 2.45) is 0 Å². The number of ether oxygens (including phenoxy) is 2. The molecule has 0 bridgehead atoms. The molecule has 11 nitrogen and oxygen atoms in total. The molecule has 4 aromatic rings. The second-order valence-electron chi connectivity index (χ2n) is 13.1. The summed E-state index contributed by atoms with van der Waals surface area (Å²) in [6, 6.07) is 11.4. The van der Waals surface area contributed by atoms with Crippen LogP contribution in [-0.2, 0) is 14.8 Å². The molecule has 248 valence electrons. The molecule has 1 atom stereocenters. The topological polar surface area (TPSA) is 127 Å². The van der Waals surface area contributed by atoms with Gasteiger partial charge in [0.2, 0.25) is 21.9 Å². The van der Waals surface area contributed by atoms with E-state index in [2.05, 4.69) is 15.3 Å². The molecule has 2 aliphatic rings. The summed E-state index contributed by atoms with van der Waals surface area (Å²) in [6.07, 6.45) is 7.02. The molecule has 0 spiro atoms. The summed E-state index contributed by atoms with van der Waals surface area (Å²) in [5.41, 5.74) is 1.38. The Balaban J connectivity index is 1.29. The monoisotopic (exact) mass is 662 g/mol. The number of halogens is 1. The van der Waals surface area contributed by atoms with Gasteiger partial charge in [0, 0.05) is 48.3 Å². The number of pyridine rings is 1. The number of hydrogen-bond donors (Lipinski definition) is 1. The van der Waals surface area contributed by atoms with Crippen LogP contribution in [0.2, 0.25) is 0 Å². The maximum Gasteiger partial charge on any atom is 0.410 e. The second-order valence-corrected chi connectivity index (χ2v) is 15.0. The summed E-state index contributed by atoms with van der Waals surface area (Å²) >= 11 is 0. The number of anilines is 2. The van der Waals surface area contributed by atoms with E-state index in [0.717, 1.165) is 24.7 Å². The van der Waals surface area contributed by atoms with Crippen LogP contribution in [-0.4, -0.2) is 71.4 Å². The largest absolute Gasteiger partial charge is 0.444 e. The fraction of sp³-hybridized carbons (Fsp3) is 0.412. The maximum absolute atomic E-state index is 15.4. The van der Waals surface area contributed by atoms with Crippen molar-refractivity contribution in [3.05, 3.63) is 66.2 Å². The van der Waals surface area contributed by atoms with Crippen LogP contribution < -0.4 is 14.4 Å². The minimum Gasteiger partial charge on any atom is -0.444 e. The van der Waals surface area contributed by atoms with E-state index < -0.39 is 21.4 Å². The SMILES string of the molecule is Cc1ccc2c(N(C3CC3)S(C)(=O)=O)c(F)ccc2c1Oc1ncccc1-c1ccnc(NC2CCCN(C(=O)OC(C)(C)C)C2)n1. The lowest BCUT2D eigenvalue weighted by Gasteiger charge is -2.34. The van der Waals surface area contributed by atoms with E-state index in [9.17, 15) is 13.2 Å². The number of aryl methyl sites for hydroxylation is 1. The lowest BCUT2D eigenvalue weighted by Crippen LogP contribution is -2.47. The number of piperidine rings is 1. The molecule has 2 aromatic carbocycles. The van der Waals surface area contributed by atoms with Crippen LogP contribution in [0.4, 0.5) is 20.8 Å². The van der Waals surface area contributed by atoms with E-state index >= 15 is 4.39 Å². The van der Waals surface area contributed by atoms with Crippen molar-refractivity contribution in [2.45, 2.75) is 71.1 Å². The lowest BCUT2D eigenvalue weighted by atomic mass is 10.0. The Kier molecular flexibility index (Phi) is 8.68. The first kappa shape index (κ1) is 32.4. The van der Waals surface area contributed by atoms with Gasteiger partial charge in [-0.15, -0.1) is 0 Å². The molecular formula is C34H39FN6O5S. The van der Waals surface area contributed by atoms with Crippen LogP contribution in [0.3, 0.4) is 0 Å². The summed E-state index contributed by atoms with van der Waals surface area (Å²) < 4.78 is 54.2. The number of carbonyl (C=O) groups is 1. The van der Waals surface area contributed by atoms with Crippen molar-refractivity contribution < 1.29 is 27.1 Å². The predicted octanol–water partition coefficient (Wildman–Crippen LogP) is 6.67.